The van der Waals surface area contributed by atoms with E-state index in [1.165, 1.54) is 11.3 Å². The van der Waals surface area contributed by atoms with E-state index in [0.29, 0.717) is 37.1 Å². The summed E-state index contributed by atoms with van der Waals surface area (Å²) in [7, 11) is 0. The van der Waals surface area contributed by atoms with Crippen molar-refractivity contribution < 1.29 is 19.5 Å². The number of thiophene rings is 1. The van der Waals surface area contributed by atoms with Crippen LogP contribution in [0.3, 0.4) is 0 Å². The highest BCUT2D eigenvalue weighted by Gasteiger charge is 2.31. The molecule has 1 aliphatic rings. The number of amides is 2. The van der Waals surface area contributed by atoms with E-state index in [2.05, 4.69) is 26.6 Å². The monoisotopic (exact) mass is 600 g/mol. The van der Waals surface area contributed by atoms with E-state index in [-0.39, 0.29) is 29.6 Å². The minimum absolute atomic E-state index is 0.130. The molecule has 3 aromatic rings. The molecule has 1 aliphatic carbocycles. The number of rotatable bonds is 10. The molecular formula is C28H33BrN4O4S. The lowest BCUT2D eigenvalue weighted by Gasteiger charge is -2.29. The van der Waals surface area contributed by atoms with Gasteiger partial charge in [0.15, 0.2) is 0 Å². The molecule has 8 nitrogen and oxygen atoms in total. The lowest BCUT2D eigenvalue weighted by Crippen LogP contribution is -2.47. The van der Waals surface area contributed by atoms with Gasteiger partial charge in [-0.2, -0.15) is 5.10 Å². The molecule has 0 aliphatic heterocycles. The van der Waals surface area contributed by atoms with Crippen molar-refractivity contribution in [1.82, 2.24) is 20.4 Å². The second-order valence-electron chi connectivity index (χ2n) is 9.91. The van der Waals surface area contributed by atoms with E-state index in [4.69, 9.17) is 5.10 Å². The number of carbonyl (C=O) groups excluding carboxylic acids is 2. The fourth-order valence-electron chi connectivity index (χ4n) is 4.79. The van der Waals surface area contributed by atoms with E-state index >= 15 is 0 Å². The maximum Gasteiger partial charge on any atom is 0.326 e. The minimum Gasteiger partial charge on any atom is -0.480 e. The number of benzene rings is 1. The Kier molecular flexibility index (Phi) is 9.38. The molecule has 2 unspecified atom stereocenters. The highest BCUT2D eigenvalue weighted by atomic mass is 79.9. The lowest BCUT2D eigenvalue weighted by atomic mass is 9.81. The minimum atomic E-state index is -0.992. The Bertz CT molecular complexity index is 1270. The smallest absolute Gasteiger partial charge is 0.326 e. The maximum atomic E-state index is 13.3. The number of carbonyl (C=O) groups is 3. The zero-order valence-electron chi connectivity index (χ0n) is 21.5. The molecule has 10 heteroatoms. The number of carboxylic acid groups (broad SMARTS) is 1. The first-order chi connectivity index (χ1) is 18.3. The third-order valence-electron chi connectivity index (χ3n) is 7.33. The predicted octanol–water partition coefficient (Wildman–Crippen LogP) is 5.52. The maximum absolute atomic E-state index is 13.3. The van der Waals surface area contributed by atoms with Crippen molar-refractivity contribution in [1.29, 1.82) is 0 Å². The van der Waals surface area contributed by atoms with Gasteiger partial charge in [-0.15, -0.1) is 11.3 Å². The second-order valence-corrected chi connectivity index (χ2v) is 12.4. The molecule has 4 rings (SSSR count). The third-order valence-corrected chi connectivity index (χ3v) is 8.96. The van der Waals surface area contributed by atoms with Crippen molar-refractivity contribution in [3.8, 4) is 16.3 Å². The van der Waals surface area contributed by atoms with Crippen LogP contribution in [0.5, 0.6) is 0 Å². The Morgan fingerprint density at radius 2 is 1.84 bits per heavy atom. The average Bonchev–Trinajstić information content (AvgIpc) is 3.57. The molecule has 2 amide bonds. The average molecular weight is 602 g/mol. The van der Waals surface area contributed by atoms with E-state index in [9.17, 15) is 19.5 Å². The Balaban J connectivity index is 1.36. The van der Waals surface area contributed by atoms with Crippen LogP contribution in [-0.2, 0) is 9.59 Å². The Labute approximate surface area is 235 Å². The molecule has 2 atom stereocenters. The van der Waals surface area contributed by atoms with E-state index in [1.807, 2.05) is 56.3 Å². The summed E-state index contributed by atoms with van der Waals surface area (Å²) in [6, 6.07) is 12.7. The molecule has 0 bridgehead atoms. The van der Waals surface area contributed by atoms with Crippen molar-refractivity contribution >= 4 is 45.1 Å². The Morgan fingerprint density at radius 3 is 2.45 bits per heavy atom. The topological polar surface area (TPSA) is 113 Å². The standard InChI is InChI=1S/C28H33BrN4O4S/c1-3-17(2)24(28(36)37)31-26(34)19-11-9-18(10-12-19)15-30-27(35)21-16-33(20-7-5-4-6-8-20)32-25(21)22-13-14-23(29)38-22/h4-8,13-14,16-19,24H,3,9-12,15H2,1-2H3,(H,30,35)(H,31,34)(H,36,37). The van der Waals surface area contributed by atoms with Gasteiger partial charge in [0.2, 0.25) is 5.91 Å². The van der Waals surface area contributed by atoms with Crippen molar-refractivity contribution in [2.45, 2.75) is 52.0 Å². The second kappa shape index (κ2) is 12.7. The van der Waals surface area contributed by atoms with E-state index in [1.54, 1.807) is 10.9 Å². The van der Waals surface area contributed by atoms with Gasteiger partial charge in [-0.1, -0.05) is 38.5 Å². The fourth-order valence-corrected chi connectivity index (χ4v) is 6.18. The van der Waals surface area contributed by atoms with Crippen LogP contribution in [0.25, 0.3) is 16.3 Å². The zero-order chi connectivity index (χ0) is 27.2. The quantitative estimate of drug-likeness (QED) is 0.284. The van der Waals surface area contributed by atoms with Gasteiger partial charge >= 0.3 is 5.97 Å². The molecule has 2 heterocycles. The number of para-hydroxylation sites is 1. The summed E-state index contributed by atoms with van der Waals surface area (Å²) in [5, 5.41) is 20.0. The van der Waals surface area contributed by atoms with Crippen LogP contribution < -0.4 is 10.6 Å². The summed E-state index contributed by atoms with van der Waals surface area (Å²) in [5.74, 6) is -1.41. The largest absolute Gasteiger partial charge is 0.480 e. The molecular weight excluding hydrogens is 568 g/mol. The first-order valence-electron chi connectivity index (χ1n) is 13.0. The summed E-state index contributed by atoms with van der Waals surface area (Å²) in [4.78, 5) is 38.5. The van der Waals surface area contributed by atoms with Crippen molar-refractivity contribution in [3.05, 3.63) is 58.0 Å². The third kappa shape index (κ3) is 6.71. The van der Waals surface area contributed by atoms with Crippen LogP contribution in [-0.4, -0.2) is 45.3 Å². The van der Waals surface area contributed by atoms with Crippen LogP contribution in [0.2, 0.25) is 0 Å². The molecule has 0 spiro atoms. The SMILES string of the molecule is CCC(C)C(NC(=O)C1CCC(CNC(=O)c2cn(-c3ccccc3)nc2-c2ccc(Br)s2)CC1)C(=O)O. The number of nitrogens with one attached hydrogen (secondary N) is 2. The summed E-state index contributed by atoms with van der Waals surface area (Å²) in [6.07, 6.45) is 5.41. The fraction of sp³-hybridized carbons (Fsp3) is 0.429. The number of nitrogens with zero attached hydrogens (tertiary/aromatic N) is 2. The molecule has 38 heavy (non-hydrogen) atoms. The van der Waals surface area contributed by atoms with Gasteiger partial charge in [-0.25, -0.2) is 9.48 Å². The van der Waals surface area contributed by atoms with Gasteiger partial charge in [0.1, 0.15) is 11.7 Å². The van der Waals surface area contributed by atoms with Gasteiger partial charge in [-0.3, -0.25) is 9.59 Å². The summed E-state index contributed by atoms with van der Waals surface area (Å²) >= 11 is 5.02. The van der Waals surface area contributed by atoms with Crippen LogP contribution in [0.4, 0.5) is 0 Å². The van der Waals surface area contributed by atoms with E-state index < -0.39 is 12.0 Å². The molecule has 1 aromatic carbocycles. The van der Waals surface area contributed by atoms with Crippen LogP contribution >= 0.6 is 27.3 Å². The Hall–Kier alpha value is -2.98. The molecule has 202 valence electrons. The molecule has 0 radical (unpaired) electrons. The first kappa shape index (κ1) is 28.0. The van der Waals surface area contributed by atoms with Crippen molar-refractivity contribution in [2.24, 2.45) is 17.8 Å². The van der Waals surface area contributed by atoms with Crippen LogP contribution in [0.1, 0.15) is 56.3 Å². The molecule has 0 saturated heterocycles. The van der Waals surface area contributed by atoms with Crippen LogP contribution in [0.15, 0.2) is 52.4 Å². The number of hydrogen-bond donors (Lipinski definition) is 3. The predicted molar refractivity (Wildman–Crippen MR) is 151 cm³/mol. The van der Waals surface area contributed by atoms with Crippen molar-refractivity contribution in [3.63, 3.8) is 0 Å². The number of aromatic nitrogens is 2. The van der Waals surface area contributed by atoms with Gasteiger partial charge < -0.3 is 15.7 Å². The van der Waals surface area contributed by atoms with E-state index in [0.717, 1.165) is 27.2 Å². The number of halogens is 1. The molecule has 3 N–H and O–H groups in total. The summed E-state index contributed by atoms with van der Waals surface area (Å²) < 4.78 is 2.69. The number of hydrogen-bond acceptors (Lipinski definition) is 5. The summed E-state index contributed by atoms with van der Waals surface area (Å²) in [6.45, 7) is 4.27. The van der Waals surface area contributed by atoms with Gasteiger partial charge in [0, 0.05) is 18.7 Å². The molecule has 2 aromatic heterocycles. The molecule has 1 fully saturated rings. The van der Waals surface area contributed by atoms with Gasteiger partial charge in [-0.05, 0) is 77.7 Å². The lowest BCUT2D eigenvalue weighted by molar-refractivity contribution is -0.144. The normalized spacial score (nSPS) is 18.9. The van der Waals surface area contributed by atoms with Gasteiger partial charge in [0.05, 0.1) is 19.9 Å². The number of carboxylic acids is 1. The molecule has 1 saturated carbocycles. The zero-order valence-corrected chi connectivity index (χ0v) is 23.9. The summed E-state index contributed by atoms with van der Waals surface area (Å²) in [5.41, 5.74) is 2.02. The highest BCUT2D eigenvalue weighted by Crippen LogP contribution is 2.33. The van der Waals surface area contributed by atoms with Gasteiger partial charge in [0.25, 0.3) is 5.91 Å². The Morgan fingerprint density at radius 1 is 1.13 bits per heavy atom. The highest BCUT2D eigenvalue weighted by molar-refractivity contribution is 9.11. The van der Waals surface area contributed by atoms with Crippen LogP contribution in [0, 0.1) is 17.8 Å². The van der Waals surface area contributed by atoms with Crippen molar-refractivity contribution in [2.75, 3.05) is 6.54 Å². The number of aliphatic carboxylic acids is 1. The first-order valence-corrected chi connectivity index (χ1v) is 14.6.